The zero-order valence-corrected chi connectivity index (χ0v) is 9.34. The number of anilines is 1. The molecule has 3 nitrogen and oxygen atoms in total. The van der Waals surface area contributed by atoms with Crippen LogP contribution in [0.15, 0.2) is 29.6 Å². The molecule has 0 aliphatic rings. The van der Waals surface area contributed by atoms with Crippen LogP contribution in [0.3, 0.4) is 0 Å². The van der Waals surface area contributed by atoms with E-state index in [9.17, 15) is 9.18 Å². The minimum atomic E-state index is -0.381. The third-order valence-corrected chi connectivity index (χ3v) is 2.85. The third-order valence-electron chi connectivity index (χ3n) is 1.90. The zero-order valence-electron chi connectivity index (χ0n) is 8.53. The molecule has 0 aliphatic carbocycles. The summed E-state index contributed by atoms with van der Waals surface area (Å²) in [6.45, 7) is 1.81. The highest BCUT2D eigenvalue weighted by Gasteiger charge is 2.09. The minimum absolute atomic E-state index is 0.316. The van der Waals surface area contributed by atoms with Crippen molar-refractivity contribution in [2.24, 2.45) is 0 Å². The normalized spacial score (nSPS) is 10.1. The molecule has 1 heterocycles. The van der Waals surface area contributed by atoms with Gasteiger partial charge in [-0.25, -0.2) is 9.37 Å². The first-order valence-corrected chi connectivity index (χ1v) is 5.52. The molecule has 0 saturated carbocycles. The molecule has 0 aliphatic heterocycles. The molecule has 2 rings (SSSR count). The Morgan fingerprint density at radius 3 is 2.94 bits per heavy atom. The highest BCUT2D eigenvalue weighted by Crippen LogP contribution is 2.13. The number of benzene rings is 1. The molecular weight excluding hydrogens is 227 g/mol. The van der Waals surface area contributed by atoms with Crippen LogP contribution in [0.2, 0.25) is 0 Å². The van der Waals surface area contributed by atoms with E-state index in [1.807, 2.05) is 6.92 Å². The lowest BCUT2D eigenvalue weighted by atomic mass is 10.3. The number of nitrogens with one attached hydrogen (secondary N) is 1. The summed E-state index contributed by atoms with van der Waals surface area (Å²) in [7, 11) is 0. The summed E-state index contributed by atoms with van der Waals surface area (Å²) in [5.74, 6) is -0.697. The van der Waals surface area contributed by atoms with Crippen molar-refractivity contribution in [1.29, 1.82) is 0 Å². The molecule has 82 valence electrons. The summed E-state index contributed by atoms with van der Waals surface area (Å²) in [5.41, 5.74) is 1.23. The topological polar surface area (TPSA) is 42.0 Å². The number of aryl methyl sites for hydroxylation is 1. The molecule has 1 aromatic heterocycles. The van der Waals surface area contributed by atoms with Gasteiger partial charge in [0.25, 0.3) is 5.91 Å². The highest BCUT2D eigenvalue weighted by molar-refractivity contribution is 7.11. The van der Waals surface area contributed by atoms with E-state index in [1.165, 1.54) is 29.5 Å². The zero-order chi connectivity index (χ0) is 11.5. The second kappa shape index (κ2) is 4.40. The van der Waals surface area contributed by atoms with Crippen LogP contribution >= 0.6 is 11.3 Å². The van der Waals surface area contributed by atoms with E-state index < -0.39 is 0 Å². The molecule has 0 saturated heterocycles. The Bertz CT molecular complexity index is 524. The van der Waals surface area contributed by atoms with Crippen LogP contribution in [0.4, 0.5) is 10.1 Å². The second-order valence-electron chi connectivity index (χ2n) is 3.26. The predicted molar refractivity (Wildman–Crippen MR) is 61.2 cm³/mol. The average Bonchev–Trinajstić information content (AvgIpc) is 2.65. The van der Waals surface area contributed by atoms with Crippen molar-refractivity contribution in [2.45, 2.75) is 6.92 Å². The maximum absolute atomic E-state index is 12.9. The van der Waals surface area contributed by atoms with E-state index in [4.69, 9.17) is 0 Å². The first kappa shape index (κ1) is 10.8. The van der Waals surface area contributed by atoms with E-state index in [-0.39, 0.29) is 11.7 Å². The number of halogens is 1. The van der Waals surface area contributed by atoms with Crippen LogP contribution < -0.4 is 5.32 Å². The largest absolute Gasteiger partial charge is 0.320 e. The maximum Gasteiger partial charge on any atom is 0.284 e. The fourth-order valence-corrected chi connectivity index (χ4v) is 1.90. The van der Waals surface area contributed by atoms with Gasteiger partial charge >= 0.3 is 0 Å². The van der Waals surface area contributed by atoms with Crippen molar-refractivity contribution >= 4 is 22.9 Å². The highest BCUT2D eigenvalue weighted by atomic mass is 32.1. The first-order valence-electron chi connectivity index (χ1n) is 4.64. The van der Waals surface area contributed by atoms with Gasteiger partial charge in [-0.2, -0.15) is 0 Å². The molecular formula is C11H9FN2OS. The summed E-state index contributed by atoms with van der Waals surface area (Å²) in [6, 6.07) is 5.75. The Balaban J connectivity index is 2.13. The monoisotopic (exact) mass is 236 g/mol. The van der Waals surface area contributed by atoms with Gasteiger partial charge < -0.3 is 5.32 Å². The van der Waals surface area contributed by atoms with Gasteiger partial charge in [-0.05, 0) is 25.1 Å². The van der Waals surface area contributed by atoms with E-state index in [0.717, 1.165) is 5.69 Å². The molecule has 1 aromatic carbocycles. The Morgan fingerprint density at radius 2 is 2.31 bits per heavy atom. The van der Waals surface area contributed by atoms with Gasteiger partial charge in [-0.3, -0.25) is 4.79 Å². The van der Waals surface area contributed by atoms with E-state index in [1.54, 1.807) is 11.4 Å². The average molecular weight is 236 g/mol. The van der Waals surface area contributed by atoms with Crippen molar-refractivity contribution < 1.29 is 9.18 Å². The molecule has 0 atom stereocenters. The van der Waals surface area contributed by atoms with Crippen LogP contribution in [0.1, 0.15) is 15.5 Å². The molecule has 1 amide bonds. The molecule has 0 radical (unpaired) electrons. The van der Waals surface area contributed by atoms with Gasteiger partial charge in [0.05, 0.1) is 0 Å². The number of hydrogen-bond acceptors (Lipinski definition) is 3. The fraction of sp³-hybridized carbons (Fsp3) is 0.0909. The number of hydrogen-bond donors (Lipinski definition) is 1. The lowest BCUT2D eigenvalue weighted by Gasteiger charge is -2.02. The van der Waals surface area contributed by atoms with Crippen LogP contribution in [-0.2, 0) is 0 Å². The number of carbonyl (C=O) groups is 1. The minimum Gasteiger partial charge on any atom is -0.320 e. The maximum atomic E-state index is 12.9. The SMILES string of the molecule is Cc1csc(C(=O)Nc2cccc(F)c2)n1. The molecule has 0 unspecified atom stereocenters. The quantitative estimate of drug-likeness (QED) is 0.871. The van der Waals surface area contributed by atoms with Gasteiger partial charge in [0.1, 0.15) is 5.82 Å². The smallest absolute Gasteiger partial charge is 0.284 e. The standard InChI is InChI=1S/C11H9FN2OS/c1-7-6-16-11(13-7)10(15)14-9-4-2-3-8(12)5-9/h2-6H,1H3,(H,14,15). The molecule has 1 N–H and O–H groups in total. The molecule has 5 heteroatoms. The van der Waals surface area contributed by atoms with E-state index in [2.05, 4.69) is 10.3 Å². The van der Waals surface area contributed by atoms with Crippen LogP contribution in [0.5, 0.6) is 0 Å². The molecule has 0 spiro atoms. The third kappa shape index (κ3) is 2.43. The summed E-state index contributed by atoms with van der Waals surface area (Å²) in [6.07, 6.45) is 0. The molecule has 0 fully saturated rings. The van der Waals surface area contributed by atoms with Gasteiger partial charge in [0.2, 0.25) is 0 Å². The van der Waals surface area contributed by atoms with Crippen molar-refractivity contribution in [3.63, 3.8) is 0 Å². The summed E-state index contributed by atoms with van der Waals surface area (Å²) >= 11 is 1.26. The Hall–Kier alpha value is -1.75. The molecule has 0 bridgehead atoms. The predicted octanol–water partition coefficient (Wildman–Crippen LogP) is 2.84. The van der Waals surface area contributed by atoms with E-state index >= 15 is 0 Å². The number of thiazole rings is 1. The van der Waals surface area contributed by atoms with Crippen molar-refractivity contribution in [2.75, 3.05) is 5.32 Å². The van der Waals surface area contributed by atoms with Crippen LogP contribution in [0.25, 0.3) is 0 Å². The fourth-order valence-electron chi connectivity index (χ4n) is 1.21. The number of aromatic nitrogens is 1. The number of amides is 1. The molecule has 16 heavy (non-hydrogen) atoms. The first-order chi connectivity index (χ1) is 7.65. The Labute approximate surface area is 96.0 Å². The van der Waals surface area contributed by atoms with Gasteiger partial charge in [0, 0.05) is 16.8 Å². The summed E-state index contributed by atoms with van der Waals surface area (Å²) in [4.78, 5) is 15.7. The van der Waals surface area contributed by atoms with Crippen LogP contribution in [0, 0.1) is 12.7 Å². The van der Waals surface area contributed by atoms with Crippen molar-refractivity contribution in [3.8, 4) is 0 Å². The van der Waals surface area contributed by atoms with Crippen LogP contribution in [-0.4, -0.2) is 10.9 Å². The van der Waals surface area contributed by atoms with Gasteiger partial charge in [-0.15, -0.1) is 11.3 Å². The van der Waals surface area contributed by atoms with Gasteiger partial charge in [-0.1, -0.05) is 6.07 Å². The Kier molecular flexibility index (Phi) is 2.96. The summed E-state index contributed by atoms with van der Waals surface area (Å²) < 4.78 is 12.9. The van der Waals surface area contributed by atoms with Gasteiger partial charge in [0.15, 0.2) is 5.01 Å². The van der Waals surface area contributed by atoms with E-state index in [0.29, 0.717) is 10.7 Å². The lowest BCUT2D eigenvalue weighted by molar-refractivity contribution is 0.102. The lowest BCUT2D eigenvalue weighted by Crippen LogP contribution is -2.11. The number of nitrogens with zero attached hydrogens (tertiary/aromatic N) is 1. The van der Waals surface area contributed by atoms with Crippen molar-refractivity contribution in [1.82, 2.24) is 4.98 Å². The molecule has 2 aromatic rings. The Morgan fingerprint density at radius 1 is 1.50 bits per heavy atom. The summed E-state index contributed by atoms with van der Waals surface area (Å²) in [5, 5.41) is 4.75. The van der Waals surface area contributed by atoms with Crippen molar-refractivity contribution in [3.05, 3.63) is 46.2 Å². The number of carbonyl (C=O) groups excluding carboxylic acids is 1. The second-order valence-corrected chi connectivity index (χ2v) is 4.12. The number of rotatable bonds is 2.